The number of hydrogen-bond donors (Lipinski definition) is 2. The minimum atomic E-state index is -3.86. The lowest BCUT2D eigenvalue weighted by Gasteiger charge is -2.16. The van der Waals surface area contributed by atoms with Crippen LogP contribution < -0.4 is 19.9 Å². The van der Waals surface area contributed by atoms with Crippen LogP contribution in [0.5, 0.6) is 5.75 Å². The van der Waals surface area contributed by atoms with Crippen molar-refractivity contribution in [3.8, 4) is 5.75 Å². The van der Waals surface area contributed by atoms with E-state index in [0.717, 1.165) is 10.5 Å². The van der Waals surface area contributed by atoms with Crippen molar-refractivity contribution in [3.05, 3.63) is 54.1 Å². The highest BCUT2D eigenvalue weighted by Gasteiger charge is 2.40. The standard InChI is InChI=1S/C18H19N3O5S/c1-12-3-9-15(10-4-12)27(24,25)20-19-16-11-17(22)21(18(16)23)13-5-7-14(26-2)8-6-13/h3-10,16,19-20H,11H2,1-2H3/t16-/m0/s1. The minimum absolute atomic E-state index is 0.0596. The summed E-state index contributed by atoms with van der Waals surface area (Å²) in [6.07, 6.45) is -0.152. The second-order valence-corrected chi connectivity index (χ2v) is 7.77. The number of hydrazine groups is 1. The van der Waals surface area contributed by atoms with Gasteiger partial charge in [-0.2, -0.15) is 0 Å². The number of nitrogens with one attached hydrogen (secondary N) is 2. The molecule has 0 bridgehead atoms. The first-order chi connectivity index (χ1) is 12.8. The molecule has 9 heteroatoms. The number of carbonyl (C=O) groups is 2. The molecule has 1 aliphatic rings. The summed E-state index contributed by atoms with van der Waals surface area (Å²) < 4.78 is 29.7. The first-order valence-corrected chi connectivity index (χ1v) is 9.65. The molecule has 2 amide bonds. The second-order valence-electron chi connectivity index (χ2n) is 6.09. The van der Waals surface area contributed by atoms with Crippen LogP contribution in [-0.2, 0) is 19.6 Å². The smallest absolute Gasteiger partial charge is 0.253 e. The molecule has 3 rings (SSSR count). The number of amides is 2. The van der Waals surface area contributed by atoms with Crippen LogP contribution in [0.1, 0.15) is 12.0 Å². The number of hydrogen-bond acceptors (Lipinski definition) is 6. The number of aryl methyl sites for hydroxylation is 1. The zero-order valence-corrected chi connectivity index (χ0v) is 15.6. The van der Waals surface area contributed by atoms with E-state index in [4.69, 9.17) is 4.74 Å². The van der Waals surface area contributed by atoms with Gasteiger partial charge in [0, 0.05) is 0 Å². The third kappa shape index (κ3) is 4.00. The van der Waals surface area contributed by atoms with E-state index in [1.807, 2.05) is 6.92 Å². The minimum Gasteiger partial charge on any atom is -0.497 e. The predicted molar refractivity (Wildman–Crippen MR) is 98.5 cm³/mol. The van der Waals surface area contributed by atoms with Gasteiger partial charge in [-0.1, -0.05) is 17.7 Å². The number of imide groups is 1. The van der Waals surface area contributed by atoms with E-state index in [0.29, 0.717) is 11.4 Å². The van der Waals surface area contributed by atoms with Crippen LogP contribution in [0.15, 0.2) is 53.4 Å². The molecule has 1 saturated heterocycles. The van der Waals surface area contributed by atoms with Gasteiger partial charge in [0.2, 0.25) is 5.91 Å². The monoisotopic (exact) mass is 389 g/mol. The van der Waals surface area contributed by atoms with Gasteiger partial charge >= 0.3 is 0 Å². The number of nitrogens with zero attached hydrogens (tertiary/aromatic N) is 1. The van der Waals surface area contributed by atoms with Gasteiger partial charge in [-0.05, 0) is 43.3 Å². The van der Waals surface area contributed by atoms with Gasteiger partial charge in [-0.15, -0.1) is 4.83 Å². The van der Waals surface area contributed by atoms with Gasteiger partial charge in [0.05, 0.1) is 24.1 Å². The quantitative estimate of drug-likeness (QED) is 0.567. The maximum atomic E-state index is 12.5. The Morgan fingerprint density at radius 1 is 1.04 bits per heavy atom. The lowest BCUT2D eigenvalue weighted by Crippen LogP contribution is -2.48. The third-order valence-electron chi connectivity index (χ3n) is 4.18. The van der Waals surface area contributed by atoms with E-state index in [1.54, 1.807) is 36.4 Å². The molecule has 1 atom stereocenters. The largest absolute Gasteiger partial charge is 0.497 e. The maximum absolute atomic E-state index is 12.5. The van der Waals surface area contributed by atoms with E-state index in [2.05, 4.69) is 10.3 Å². The molecule has 0 radical (unpaired) electrons. The van der Waals surface area contributed by atoms with Gasteiger partial charge in [-0.3, -0.25) is 9.59 Å². The lowest BCUT2D eigenvalue weighted by molar-refractivity contribution is -0.121. The summed E-state index contributed by atoms with van der Waals surface area (Å²) in [7, 11) is -2.34. The van der Waals surface area contributed by atoms with E-state index in [-0.39, 0.29) is 11.3 Å². The summed E-state index contributed by atoms with van der Waals surface area (Å²) >= 11 is 0. The molecule has 0 saturated carbocycles. The van der Waals surface area contributed by atoms with Gasteiger partial charge in [0.15, 0.2) is 0 Å². The van der Waals surface area contributed by atoms with Gasteiger partial charge in [0.25, 0.3) is 15.9 Å². The highest BCUT2D eigenvalue weighted by Crippen LogP contribution is 2.25. The molecule has 2 N–H and O–H groups in total. The summed E-state index contributed by atoms with van der Waals surface area (Å²) in [4.78, 5) is 28.0. The van der Waals surface area contributed by atoms with Crippen molar-refractivity contribution in [2.75, 3.05) is 12.0 Å². The molecule has 0 aliphatic carbocycles. The highest BCUT2D eigenvalue weighted by molar-refractivity contribution is 7.89. The number of benzene rings is 2. The van der Waals surface area contributed by atoms with Crippen LogP contribution in [0.4, 0.5) is 5.69 Å². The topological polar surface area (TPSA) is 105 Å². The number of rotatable bonds is 6. The molecule has 1 aliphatic heterocycles. The fourth-order valence-corrected chi connectivity index (χ4v) is 3.58. The van der Waals surface area contributed by atoms with Gasteiger partial charge in [0.1, 0.15) is 11.8 Å². The molecular weight excluding hydrogens is 370 g/mol. The van der Waals surface area contributed by atoms with E-state index in [1.165, 1.54) is 19.2 Å². The molecule has 27 heavy (non-hydrogen) atoms. The van der Waals surface area contributed by atoms with Crippen LogP contribution in [0, 0.1) is 6.92 Å². The van der Waals surface area contributed by atoms with Crippen LogP contribution in [0.3, 0.4) is 0 Å². The van der Waals surface area contributed by atoms with Crippen molar-refractivity contribution >= 4 is 27.5 Å². The first kappa shape index (κ1) is 19.0. The molecule has 0 aromatic heterocycles. The van der Waals surface area contributed by atoms with E-state index < -0.39 is 27.9 Å². The Balaban J connectivity index is 1.70. The number of sulfonamides is 1. The SMILES string of the molecule is COc1ccc(N2C(=O)C[C@H](NNS(=O)(=O)c3ccc(C)cc3)C2=O)cc1. The Kier molecular flexibility index (Phi) is 5.26. The fourth-order valence-electron chi connectivity index (χ4n) is 2.67. The summed E-state index contributed by atoms with van der Waals surface area (Å²) in [5.41, 5.74) is 3.79. The van der Waals surface area contributed by atoms with Crippen LogP contribution in [0.25, 0.3) is 0 Å². The van der Waals surface area contributed by atoms with Crippen molar-refractivity contribution < 1.29 is 22.7 Å². The Labute approximate surface area is 157 Å². The van der Waals surface area contributed by atoms with Crippen molar-refractivity contribution in [2.45, 2.75) is 24.3 Å². The molecule has 8 nitrogen and oxygen atoms in total. The molecule has 1 heterocycles. The summed E-state index contributed by atoms with van der Waals surface area (Å²) in [5, 5.41) is 0. The Hall–Kier alpha value is -2.75. The second kappa shape index (κ2) is 7.47. The molecule has 0 spiro atoms. The summed E-state index contributed by atoms with van der Waals surface area (Å²) in [6, 6.07) is 11.7. The Bertz CT molecular complexity index is 955. The maximum Gasteiger partial charge on any atom is 0.253 e. The summed E-state index contributed by atoms with van der Waals surface area (Å²) in [6.45, 7) is 1.85. The molecule has 2 aromatic carbocycles. The molecule has 142 valence electrons. The van der Waals surface area contributed by atoms with Crippen LogP contribution >= 0.6 is 0 Å². The third-order valence-corrected chi connectivity index (χ3v) is 5.46. The Morgan fingerprint density at radius 2 is 1.67 bits per heavy atom. The average molecular weight is 389 g/mol. The van der Waals surface area contributed by atoms with Crippen molar-refractivity contribution in [1.82, 2.24) is 10.3 Å². The number of anilines is 1. The van der Waals surface area contributed by atoms with E-state index >= 15 is 0 Å². The predicted octanol–water partition coefficient (Wildman–Crippen LogP) is 1.12. The van der Waals surface area contributed by atoms with Crippen LogP contribution in [-0.4, -0.2) is 33.4 Å². The molecular formula is C18H19N3O5S. The van der Waals surface area contributed by atoms with Crippen LogP contribution in [0.2, 0.25) is 0 Å². The zero-order chi connectivity index (χ0) is 19.6. The zero-order valence-electron chi connectivity index (χ0n) is 14.8. The van der Waals surface area contributed by atoms with Crippen molar-refractivity contribution in [1.29, 1.82) is 0 Å². The molecule has 2 aromatic rings. The van der Waals surface area contributed by atoms with E-state index in [9.17, 15) is 18.0 Å². The lowest BCUT2D eigenvalue weighted by atomic mass is 10.2. The number of ether oxygens (including phenoxy) is 1. The van der Waals surface area contributed by atoms with Crippen molar-refractivity contribution in [3.63, 3.8) is 0 Å². The number of methoxy groups -OCH3 is 1. The molecule has 0 unspecified atom stereocenters. The highest BCUT2D eigenvalue weighted by atomic mass is 32.2. The average Bonchev–Trinajstić information content (AvgIpc) is 2.94. The van der Waals surface area contributed by atoms with Gasteiger partial charge in [-0.25, -0.2) is 18.7 Å². The van der Waals surface area contributed by atoms with Gasteiger partial charge < -0.3 is 4.74 Å². The normalized spacial score (nSPS) is 17.4. The Morgan fingerprint density at radius 3 is 2.26 bits per heavy atom. The fraction of sp³-hybridized carbons (Fsp3) is 0.222. The van der Waals surface area contributed by atoms with Crippen molar-refractivity contribution in [2.24, 2.45) is 0 Å². The first-order valence-electron chi connectivity index (χ1n) is 8.16. The molecule has 1 fully saturated rings. The summed E-state index contributed by atoms with van der Waals surface area (Å²) in [5.74, 6) is -0.354. The number of carbonyl (C=O) groups excluding carboxylic acids is 2.